The average molecular weight is 427 g/mol. The highest BCUT2D eigenvalue weighted by Gasteiger charge is 2.46. The van der Waals surface area contributed by atoms with Crippen LogP contribution < -0.4 is 4.74 Å². The SMILES string of the molecule is CC1Cc2cc(C(O)=C3C(=O)C(=O)N(CCCN(C)C)C3c3cccs3)ccc2O1. The van der Waals surface area contributed by atoms with E-state index in [1.165, 1.54) is 11.3 Å². The number of aliphatic hydroxyl groups excluding tert-OH is 1. The van der Waals surface area contributed by atoms with Gasteiger partial charge in [-0.1, -0.05) is 6.07 Å². The number of hydrogen-bond acceptors (Lipinski definition) is 6. The van der Waals surface area contributed by atoms with Gasteiger partial charge >= 0.3 is 0 Å². The van der Waals surface area contributed by atoms with Crippen LogP contribution in [0.15, 0.2) is 41.3 Å². The summed E-state index contributed by atoms with van der Waals surface area (Å²) in [5.74, 6) is -0.491. The molecule has 1 fully saturated rings. The van der Waals surface area contributed by atoms with Crippen LogP contribution in [0.4, 0.5) is 0 Å². The highest BCUT2D eigenvalue weighted by atomic mass is 32.1. The monoisotopic (exact) mass is 426 g/mol. The number of hydrogen-bond donors (Lipinski definition) is 1. The largest absolute Gasteiger partial charge is 0.507 e. The van der Waals surface area contributed by atoms with Crippen molar-refractivity contribution < 1.29 is 19.4 Å². The Hall–Kier alpha value is -2.64. The molecule has 7 heteroatoms. The van der Waals surface area contributed by atoms with Crippen LogP contribution in [0, 0.1) is 0 Å². The van der Waals surface area contributed by atoms with E-state index >= 15 is 0 Å². The van der Waals surface area contributed by atoms with E-state index in [1.54, 1.807) is 11.0 Å². The van der Waals surface area contributed by atoms with E-state index in [2.05, 4.69) is 0 Å². The van der Waals surface area contributed by atoms with Gasteiger partial charge in [0, 0.05) is 23.4 Å². The number of amides is 1. The summed E-state index contributed by atoms with van der Waals surface area (Å²) in [5.41, 5.74) is 1.71. The van der Waals surface area contributed by atoms with Crippen molar-refractivity contribution in [3.8, 4) is 5.75 Å². The Morgan fingerprint density at radius 2 is 2.10 bits per heavy atom. The lowest BCUT2D eigenvalue weighted by molar-refractivity contribution is -0.139. The quantitative estimate of drug-likeness (QED) is 0.435. The number of benzene rings is 1. The van der Waals surface area contributed by atoms with E-state index in [-0.39, 0.29) is 17.4 Å². The summed E-state index contributed by atoms with van der Waals surface area (Å²) in [6.45, 7) is 3.26. The smallest absolute Gasteiger partial charge is 0.295 e. The minimum atomic E-state index is -0.624. The molecule has 4 rings (SSSR count). The number of likely N-dealkylation sites (tertiary alicyclic amines) is 1. The van der Waals surface area contributed by atoms with Crippen LogP contribution >= 0.6 is 11.3 Å². The molecule has 0 aliphatic carbocycles. The fraction of sp³-hybridized carbons (Fsp3) is 0.391. The molecule has 1 aromatic carbocycles. The van der Waals surface area contributed by atoms with Gasteiger partial charge in [0.2, 0.25) is 0 Å². The lowest BCUT2D eigenvalue weighted by atomic mass is 9.98. The molecule has 0 saturated carbocycles. The maximum atomic E-state index is 13.0. The summed E-state index contributed by atoms with van der Waals surface area (Å²) in [7, 11) is 3.95. The van der Waals surface area contributed by atoms with Crippen LogP contribution in [0.3, 0.4) is 0 Å². The molecule has 2 aromatic rings. The Bertz CT molecular complexity index is 997. The fourth-order valence-corrected chi connectivity index (χ4v) is 4.98. The summed E-state index contributed by atoms with van der Waals surface area (Å²) in [6, 6.07) is 8.67. The first-order valence-corrected chi connectivity index (χ1v) is 11.0. The first kappa shape index (κ1) is 20.6. The van der Waals surface area contributed by atoms with Crippen LogP contribution in [0.25, 0.3) is 5.76 Å². The van der Waals surface area contributed by atoms with Crippen molar-refractivity contribution in [2.24, 2.45) is 0 Å². The minimum absolute atomic E-state index is 0.0887. The minimum Gasteiger partial charge on any atom is -0.507 e. The molecule has 6 nitrogen and oxygen atoms in total. The summed E-state index contributed by atoms with van der Waals surface area (Å²) >= 11 is 1.48. The van der Waals surface area contributed by atoms with Crippen molar-refractivity contribution >= 4 is 28.8 Å². The van der Waals surface area contributed by atoms with Gasteiger partial charge in [-0.25, -0.2) is 0 Å². The van der Waals surface area contributed by atoms with Gasteiger partial charge in [0.05, 0.1) is 11.6 Å². The van der Waals surface area contributed by atoms with E-state index in [9.17, 15) is 14.7 Å². The van der Waals surface area contributed by atoms with Crippen molar-refractivity contribution in [2.75, 3.05) is 27.2 Å². The van der Waals surface area contributed by atoms with Crippen LogP contribution in [0.2, 0.25) is 0 Å². The van der Waals surface area contributed by atoms with Crippen molar-refractivity contribution in [3.63, 3.8) is 0 Å². The number of fused-ring (bicyclic) bond motifs is 1. The fourth-order valence-electron chi connectivity index (χ4n) is 4.14. The van der Waals surface area contributed by atoms with Crippen molar-refractivity contribution in [2.45, 2.75) is 31.9 Å². The number of carbonyl (C=O) groups is 2. The molecular weight excluding hydrogens is 400 g/mol. The Balaban J connectivity index is 1.74. The third kappa shape index (κ3) is 3.75. The summed E-state index contributed by atoms with van der Waals surface area (Å²) < 4.78 is 5.74. The van der Waals surface area contributed by atoms with Gasteiger partial charge < -0.3 is 19.6 Å². The van der Waals surface area contributed by atoms with Crippen LogP contribution in [0.5, 0.6) is 5.75 Å². The maximum Gasteiger partial charge on any atom is 0.295 e. The standard InChI is InChI=1S/C23H26N2O4S/c1-14-12-16-13-15(7-8-17(16)29-14)21(26)19-20(18-6-4-11-30-18)25(23(28)22(19)27)10-5-9-24(2)3/h4,6-8,11,13-14,20,26H,5,9-10,12H2,1-3H3. The van der Waals surface area contributed by atoms with E-state index in [1.807, 2.05) is 55.6 Å². The van der Waals surface area contributed by atoms with Gasteiger partial charge in [0.15, 0.2) is 0 Å². The van der Waals surface area contributed by atoms with E-state index in [0.717, 1.165) is 35.6 Å². The van der Waals surface area contributed by atoms with Gasteiger partial charge in [0.25, 0.3) is 11.7 Å². The first-order valence-electron chi connectivity index (χ1n) is 10.1. The number of thiophene rings is 1. The average Bonchev–Trinajstić information content (AvgIpc) is 3.40. The second-order valence-corrected chi connectivity index (χ2v) is 9.10. The molecule has 158 valence electrons. The molecule has 2 aliphatic heterocycles. The van der Waals surface area contributed by atoms with Crippen molar-refractivity contribution in [3.05, 3.63) is 57.3 Å². The third-order valence-corrected chi connectivity index (χ3v) is 6.45. The summed E-state index contributed by atoms with van der Waals surface area (Å²) in [4.78, 5) is 30.4. The zero-order valence-corrected chi connectivity index (χ0v) is 18.2. The van der Waals surface area contributed by atoms with Gasteiger partial charge in [-0.2, -0.15) is 0 Å². The first-order chi connectivity index (χ1) is 14.4. The molecule has 1 saturated heterocycles. The van der Waals surface area contributed by atoms with Gasteiger partial charge in [-0.3, -0.25) is 9.59 Å². The predicted molar refractivity (Wildman–Crippen MR) is 117 cm³/mol. The summed E-state index contributed by atoms with van der Waals surface area (Å²) in [6.07, 6.45) is 1.59. The highest BCUT2D eigenvalue weighted by molar-refractivity contribution is 7.10. The van der Waals surface area contributed by atoms with Gasteiger partial charge in [0.1, 0.15) is 17.6 Å². The second kappa shape index (κ2) is 8.24. The molecule has 1 aromatic heterocycles. The Labute approximate surface area is 180 Å². The molecule has 0 spiro atoms. The zero-order valence-electron chi connectivity index (χ0n) is 17.4. The Kier molecular flexibility index (Phi) is 5.66. The number of nitrogens with zero attached hydrogens (tertiary/aromatic N) is 2. The topological polar surface area (TPSA) is 70.1 Å². The molecule has 2 atom stereocenters. The molecule has 3 heterocycles. The number of ketones is 1. The normalized spacial score (nSPS) is 22.6. The third-order valence-electron chi connectivity index (χ3n) is 5.53. The lowest BCUT2D eigenvalue weighted by Crippen LogP contribution is -2.32. The van der Waals surface area contributed by atoms with Crippen molar-refractivity contribution in [1.29, 1.82) is 0 Å². The highest BCUT2D eigenvalue weighted by Crippen LogP contribution is 2.42. The number of ether oxygens (including phenoxy) is 1. The second-order valence-electron chi connectivity index (χ2n) is 8.12. The molecule has 1 amide bonds. The molecule has 0 bridgehead atoms. The van der Waals surface area contributed by atoms with E-state index in [4.69, 9.17) is 4.74 Å². The molecule has 0 radical (unpaired) electrons. The van der Waals surface area contributed by atoms with Crippen molar-refractivity contribution in [1.82, 2.24) is 9.80 Å². The molecule has 2 unspecified atom stereocenters. The zero-order chi connectivity index (χ0) is 21.4. The number of carbonyl (C=O) groups excluding carboxylic acids is 2. The number of Topliss-reactive ketones (excluding diaryl/α,β-unsaturated/α-hetero) is 1. The molecular formula is C23H26N2O4S. The van der Waals surface area contributed by atoms with Gasteiger partial charge in [-0.15, -0.1) is 11.3 Å². The summed E-state index contributed by atoms with van der Waals surface area (Å²) in [5, 5.41) is 13.1. The van der Waals surface area contributed by atoms with Crippen LogP contribution in [0.1, 0.15) is 35.4 Å². The van der Waals surface area contributed by atoms with Crippen LogP contribution in [-0.4, -0.2) is 59.9 Å². The van der Waals surface area contributed by atoms with Gasteiger partial charge in [-0.05, 0) is 69.2 Å². The lowest BCUT2D eigenvalue weighted by Gasteiger charge is -2.24. The number of rotatable bonds is 6. The Morgan fingerprint density at radius 3 is 2.80 bits per heavy atom. The molecule has 2 aliphatic rings. The number of aliphatic hydroxyl groups is 1. The molecule has 30 heavy (non-hydrogen) atoms. The maximum absolute atomic E-state index is 13.0. The van der Waals surface area contributed by atoms with Crippen LogP contribution in [-0.2, 0) is 16.0 Å². The Morgan fingerprint density at radius 1 is 1.30 bits per heavy atom. The molecule has 1 N–H and O–H groups in total. The van der Waals surface area contributed by atoms with E-state index in [0.29, 0.717) is 12.1 Å². The predicted octanol–water partition coefficient (Wildman–Crippen LogP) is 3.44. The van der Waals surface area contributed by atoms with E-state index < -0.39 is 17.7 Å².